The molecule has 3 aliphatic heterocycles. The molecule has 14 atom stereocenters. The summed E-state index contributed by atoms with van der Waals surface area (Å²) in [6, 6.07) is 16.2. The molecule has 0 radical (unpaired) electrons. The standard InChI is InChI=1S/C105H135N19O24S/c1-58(2)45-75-93(132)112-74(38-40-107)91(130)114-79(47-62-16-10-8-11-17-62)99(138)121-88(59(3)4)101(140)108-54-85(125)110-84(89-111-73(37-39-106)92(131)122-89)56-149-57-86(126)109-83(55-124-41-43-148-44-42-124)100(139)118-77(50-65-25-33-71(34-26-65)104(144)145)95(134)119-81(53-87(127)128)98(137)117-80(52-67-18-14-15-60(5)46-67)96(135)115-76(49-64-23-31-70(32-24-64)103(142)143)94(133)116-78(48-63-21-29-69(30-22-63)68-19-12-9-13-20-68)97(136)120-82(102(141)123(7)61(6)90(129)113-75)51-66-27-35-72(36-28-66)105(146)147/h9,12-15,18-36,46,58-59,61-62,73-84,88H,8,10-11,16-17,37-45,47-57,106-107H2,1-7H3,(H,108,140)(H,109,126)(H,110,125)(H,112,132)(H,113,129)(H,114,130)(H,115,135)(H,116,133)(H,117,137)(H,118,139)(H,119,134)(H,120,136)(H,121,138)(H,127,128)(H,142,143)(H,144,145)(H,146,147)(H,111,122,131)/t61-,73?,74-,75+,76-,77-,78-,79-,80-,81-,82-,83-,84?,88?/m0/s1. The van der Waals surface area contributed by atoms with Gasteiger partial charge in [0.2, 0.25) is 82.7 Å². The van der Waals surface area contributed by atoms with Crippen LogP contribution in [0.4, 0.5) is 0 Å². The second kappa shape index (κ2) is 56.9. The number of morpholine rings is 1. The lowest BCUT2D eigenvalue weighted by Gasteiger charge is -2.32. The molecule has 800 valence electrons. The maximum atomic E-state index is 15.9. The van der Waals surface area contributed by atoms with E-state index in [1.165, 1.54) is 86.8 Å². The SMILES string of the molecule is Cc1cccc(C[C@@H]2NC(=O)[C@H](CC(=O)O)NC(=O)[C@H](Cc3ccc(C(=O)O)cc3)NC(=O)[C@H](CN3CCOCC3)NC(=O)CSCC(C3=NC(=O)C(CCN)N3)NC(=O)CNC(=O)C(C(C)C)NC(=O)[C@H](CC3CCCCC3)NC(=O)[C@H](CCN)NC(=O)[C@@H](CC(C)C)NC(=O)[C@H](C)N(C)C(=O)[C@H](Cc3ccc(C(=O)O)cc3)NC(=O)[C@H](Cc3ccc(-c4ccccc4)cc3)NC(=O)[C@H](Cc3ccc(C(=O)O)cc3)NC2=O)c1. The van der Waals surface area contributed by atoms with Gasteiger partial charge in [0, 0.05) is 64.5 Å². The number of likely N-dealkylation sites (N-methyl/N-ethyl adjacent to an activating group) is 1. The van der Waals surface area contributed by atoms with Gasteiger partial charge in [-0.25, -0.2) is 14.4 Å². The highest BCUT2D eigenvalue weighted by Gasteiger charge is 2.42. The Morgan fingerprint density at radius 1 is 0.443 bits per heavy atom. The summed E-state index contributed by atoms with van der Waals surface area (Å²) in [5.74, 6) is -22.0. The minimum Gasteiger partial charge on any atom is -0.481 e. The van der Waals surface area contributed by atoms with Crippen LogP contribution in [0.1, 0.15) is 163 Å². The summed E-state index contributed by atoms with van der Waals surface area (Å²) >= 11 is 0.901. The molecule has 3 unspecified atom stereocenters. The Morgan fingerprint density at radius 2 is 0.879 bits per heavy atom. The van der Waals surface area contributed by atoms with Gasteiger partial charge in [0.25, 0.3) is 5.91 Å². The number of aryl methyl sites for hydroxylation is 1. The first-order valence-electron chi connectivity index (χ1n) is 49.8. The number of rotatable bonds is 28. The van der Waals surface area contributed by atoms with Crippen LogP contribution in [0.3, 0.4) is 0 Å². The number of carbonyl (C=O) groups is 19. The molecule has 4 aliphatic rings. The van der Waals surface area contributed by atoms with Gasteiger partial charge in [-0.1, -0.05) is 181 Å². The first-order valence-corrected chi connectivity index (χ1v) is 51.0. The number of hydrogen-bond donors (Lipinski definition) is 20. The van der Waals surface area contributed by atoms with Crippen molar-refractivity contribution in [2.75, 3.05) is 71.0 Å². The van der Waals surface area contributed by atoms with E-state index in [2.05, 4.69) is 79.4 Å². The van der Waals surface area contributed by atoms with Gasteiger partial charge >= 0.3 is 23.9 Å². The number of amides is 15. The van der Waals surface area contributed by atoms with E-state index in [9.17, 15) is 78.0 Å². The van der Waals surface area contributed by atoms with Crippen LogP contribution in [0.2, 0.25) is 0 Å². The van der Waals surface area contributed by atoms with Crippen LogP contribution < -0.4 is 85.9 Å². The van der Waals surface area contributed by atoms with Crippen molar-refractivity contribution < 1.29 is 116 Å². The fourth-order valence-corrected chi connectivity index (χ4v) is 18.6. The van der Waals surface area contributed by atoms with Crippen LogP contribution >= 0.6 is 11.8 Å². The van der Waals surface area contributed by atoms with E-state index in [1.54, 1.807) is 88.0 Å². The van der Waals surface area contributed by atoms with Crippen LogP contribution in [-0.4, -0.2) is 304 Å². The smallest absolute Gasteiger partial charge is 0.335 e. The second-order valence-electron chi connectivity index (χ2n) is 38.5. The van der Waals surface area contributed by atoms with E-state index in [1.807, 2.05) is 30.3 Å². The topological polar surface area (TPSA) is 654 Å². The van der Waals surface area contributed by atoms with Gasteiger partial charge in [-0.05, 0) is 146 Å². The zero-order valence-corrected chi connectivity index (χ0v) is 85.1. The highest BCUT2D eigenvalue weighted by atomic mass is 32.2. The van der Waals surface area contributed by atoms with Crippen molar-refractivity contribution in [2.24, 2.45) is 34.2 Å². The Labute approximate surface area is 866 Å². The fraction of sp³-hybridized carbons (Fsp3) is 0.467. The van der Waals surface area contributed by atoms with Crippen LogP contribution in [0.25, 0.3) is 11.1 Å². The van der Waals surface area contributed by atoms with Gasteiger partial charge in [0.05, 0.1) is 54.7 Å². The molecule has 149 heavy (non-hydrogen) atoms. The van der Waals surface area contributed by atoms with Crippen LogP contribution in [0.15, 0.2) is 157 Å². The van der Waals surface area contributed by atoms with E-state index in [0.29, 0.717) is 29.5 Å². The summed E-state index contributed by atoms with van der Waals surface area (Å²) in [5.41, 5.74) is 15.1. The average Bonchev–Trinajstić information content (AvgIpc) is 1.26. The molecule has 3 fully saturated rings. The molecule has 43 nitrogen and oxygen atoms in total. The Balaban J connectivity index is 1.06. The number of carboxylic acids is 4. The van der Waals surface area contributed by atoms with E-state index in [-0.39, 0.29) is 135 Å². The van der Waals surface area contributed by atoms with Crippen molar-refractivity contribution in [1.82, 2.24) is 84.2 Å². The van der Waals surface area contributed by atoms with Crippen molar-refractivity contribution >= 4 is 130 Å². The molecule has 10 rings (SSSR count). The van der Waals surface area contributed by atoms with Crippen LogP contribution in [0, 0.1) is 24.7 Å². The minimum absolute atomic E-state index is 0.0393. The molecule has 15 amide bonds. The molecular formula is C105H135N19O24S. The molecule has 1 saturated carbocycles. The Morgan fingerprint density at radius 3 is 1.38 bits per heavy atom. The first kappa shape index (κ1) is 116. The second-order valence-corrected chi connectivity index (χ2v) is 39.6. The number of benzene rings is 6. The highest BCUT2D eigenvalue weighted by molar-refractivity contribution is 8.00. The maximum Gasteiger partial charge on any atom is 0.335 e. The molecule has 6 aromatic rings. The molecular weight excluding hydrogens is 1940 g/mol. The number of aliphatic carboxylic acids is 1. The third-order valence-corrected chi connectivity index (χ3v) is 27.2. The summed E-state index contributed by atoms with van der Waals surface area (Å²) in [6.07, 6.45) is 0.355. The van der Waals surface area contributed by atoms with Gasteiger partial charge < -0.3 is 116 Å². The number of ether oxygens (including phenoxy) is 1. The number of nitrogens with two attached hydrogens (primary N) is 2. The lowest BCUT2D eigenvalue weighted by Crippen LogP contribution is -2.62. The molecule has 0 bridgehead atoms. The number of aromatic carboxylic acids is 3. The monoisotopic (exact) mass is 2080 g/mol. The van der Waals surface area contributed by atoms with Crippen LogP contribution in [0.5, 0.6) is 0 Å². The van der Waals surface area contributed by atoms with Crippen molar-refractivity contribution in [1.29, 1.82) is 0 Å². The lowest BCUT2D eigenvalue weighted by atomic mass is 9.84. The van der Waals surface area contributed by atoms with E-state index in [4.69, 9.17) is 16.2 Å². The number of aliphatic imine (C=N–C) groups is 1. The fourth-order valence-electron chi connectivity index (χ4n) is 17.7. The number of thioether (sulfide) groups is 1. The van der Waals surface area contributed by atoms with E-state index >= 15 is 33.6 Å². The zero-order chi connectivity index (χ0) is 108. The van der Waals surface area contributed by atoms with Crippen molar-refractivity contribution in [3.05, 3.63) is 202 Å². The average molecular weight is 2080 g/mol. The van der Waals surface area contributed by atoms with Gasteiger partial charge in [0.15, 0.2) is 0 Å². The van der Waals surface area contributed by atoms with Crippen molar-refractivity contribution in [3.8, 4) is 11.1 Å². The predicted molar refractivity (Wildman–Crippen MR) is 549 cm³/mol. The van der Waals surface area contributed by atoms with Gasteiger partial charge in [-0.3, -0.25) is 81.6 Å². The molecule has 44 heteroatoms. The number of nitrogens with zero attached hydrogens (tertiary/aromatic N) is 3. The quantitative estimate of drug-likeness (QED) is 0.0324. The van der Waals surface area contributed by atoms with Gasteiger partial charge in [-0.15, -0.1) is 11.8 Å². The molecule has 6 aromatic carbocycles. The molecule has 1 aliphatic carbocycles. The summed E-state index contributed by atoms with van der Waals surface area (Å²) in [4.78, 5) is 283. The predicted octanol–water partition coefficient (Wildman–Crippen LogP) is 0.871. The minimum atomic E-state index is -2.15. The van der Waals surface area contributed by atoms with E-state index < -0.39 is 247 Å². The summed E-state index contributed by atoms with van der Waals surface area (Å²) in [7, 11) is 1.24. The number of carbonyl (C=O) groups excluding carboxylic acids is 15. The molecule has 3 heterocycles. The number of carboxylic acid groups (broad SMARTS) is 4. The van der Waals surface area contributed by atoms with Crippen molar-refractivity contribution in [2.45, 2.75) is 222 Å². The third kappa shape index (κ3) is 36.0. The number of nitrogens with one attached hydrogen (secondary N) is 14. The lowest BCUT2D eigenvalue weighted by molar-refractivity contribution is -0.142. The summed E-state index contributed by atoms with van der Waals surface area (Å²) in [6.45, 7) is 9.55. The van der Waals surface area contributed by atoms with Crippen LogP contribution in [-0.2, 0) is 114 Å². The summed E-state index contributed by atoms with van der Waals surface area (Å²) < 4.78 is 5.60. The molecule has 0 spiro atoms. The normalized spacial score (nSPS) is 23.9. The highest BCUT2D eigenvalue weighted by Crippen LogP contribution is 2.29. The third-order valence-electron chi connectivity index (χ3n) is 26.1. The molecule has 22 N–H and O–H groups in total. The van der Waals surface area contributed by atoms with Gasteiger partial charge in [0.1, 0.15) is 84.4 Å². The summed E-state index contributed by atoms with van der Waals surface area (Å²) in [5, 5.41) is 78.6. The van der Waals surface area contributed by atoms with Crippen molar-refractivity contribution in [3.63, 3.8) is 0 Å². The largest absolute Gasteiger partial charge is 0.481 e. The zero-order valence-electron chi connectivity index (χ0n) is 84.3. The molecule has 0 aromatic heterocycles. The van der Waals surface area contributed by atoms with Gasteiger partial charge in [-0.2, -0.15) is 4.99 Å². The van der Waals surface area contributed by atoms with E-state index in [0.717, 1.165) is 47.1 Å². The number of amidine groups is 1. The molecule has 2 saturated heterocycles. The maximum absolute atomic E-state index is 15.9. The Hall–Kier alpha value is -14.9. The Kier molecular flexibility index (Phi) is 44.3. The number of hydrogen-bond acceptors (Lipinski definition) is 25. The Bertz CT molecular complexity index is 5770. The first-order chi connectivity index (χ1) is 71.1.